The Kier molecular flexibility index (Phi) is 5.91. The second-order valence-electron chi connectivity index (χ2n) is 5.89. The molecule has 1 heterocycles. The Morgan fingerprint density at radius 2 is 1.86 bits per heavy atom. The van der Waals surface area contributed by atoms with Gasteiger partial charge in [0, 0.05) is 24.2 Å². The summed E-state index contributed by atoms with van der Waals surface area (Å²) in [5, 5.41) is 0. The first-order valence-corrected chi connectivity index (χ1v) is 7.89. The third-order valence-corrected chi connectivity index (χ3v) is 4.43. The Balaban J connectivity index is 2.28. The van der Waals surface area contributed by atoms with Crippen molar-refractivity contribution in [2.24, 2.45) is 5.73 Å². The zero-order valence-corrected chi connectivity index (χ0v) is 14.1. The van der Waals surface area contributed by atoms with Crippen molar-refractivity contribution in [3.8, 4) is 17.2 Å². The van der Waals surface area contributed by atoms with Crippen LogP contribution in [0.1, 0.15) is 31.7 Å². The highest BCUT2D eigenvalue weighted by Crippen LogP contribution is 2.40. The molecule has 1 fully saturated rings. The summed E-state index contributed by atoms with van der Waals surface area (Å²) in [5.74, 6) is 2.08. The summed E-state index contributed by atoms with van der Waals surface area (Å²) in [6, 6.07) is 4.58. The number of hydrogen-bond donors (Lipinski definition) is 1. The van der Waals surface area contributed by atoms with Crippen molar-refractivity contribution in [1.82, 2.24) is 4.90 Å². The van der Waals surface area contributed by atoms with Crippen molar-refractivity contribution in [3.05, 3.63) is 17.7 Å². The normalized spacial score (nSPS) is 20.5. The molecule has 0 saturated carbocycles. The van der Waals surface area contributed by atoms with Gasteiger partial charge in [0.15, 0.2) is 11.5 Å². The summed E-state index contributed by atoms with van der Waals surface area (Å²) in [6.45, 7) is 3.98. The predicted octanol–water partition coefficient (Wildman–Crippen LogP) is 2.41. The van der Waals surface area contributed by atoms with E-state index in [0.29, 0.717) is 17.5 Å². The molecule has 0 spiro atoms. The van der Waals surface area contributed by atoms with Crippen molar-refractivity contribution in [3.63, 3.8) is 0 Å². The molecular weight excluding hydrogens is 280 g/mol. The average molecular weight is 308 g/mol. The standard InChI is InChI=1S/C17H28N2O3/c1-12(18)14-7-5-6-10-19(14)11-13-8-9-15(20-2)17(22-4)16(13)21-3/h8-9,12,14H,5-7,10-11,18H2,1-4H3. The lowest BCUT2D eigenvalue weighted by Crippen LogP contribution is -2.48. The molecule has 5 heteroatoms. The van der Waals surface area contributed by atoms with Gasteiger partial charge in [-0.25, -0.2) is 0 Å². The second-order valence-corrected chi connectivity index (χ2v) is 5.89. The third-order valence-electron chi connectivity index (χ3n) is 4.43. The Labute approximate surface area is 133 Å². The molecule has 124 valence electrons. The molecule has 0 bridgehead atoms. The fourth-order valence-corrected chi connectivity index (χ4v) is 3.32. The molecule has 2 atom stereocenters. The van der Waals surface area contributed by atoms with Gasteiger partial charge in [0.1, 0.15) is 0 Å². The highest BCUT2D eigenvalue weighted by molar-refractivity contribution is 5.55. The van der Waals surface area contributed by atoms with E-state index in [2.05, 4.69) is 11.8 Å². The molecule has 2 unspecified atom stereocenters. The van der Waals surface area contributed by atoms with Gasteiger partial charge in [-0.3, -0.25) is 4.90 Å². The molecule has 0 aromatic heterocycles. The average Bonchev–Trinajstić information content (AvgIpc) is 2.54. The lowest BCUT2D eigenvalue weighted by atomic mass is 9.96. The van der Waals surface area contributed by atoms with Crippen molar-refractivity contribution in [1.29, 1.82) is 0 Å². The number of likely N-dealkylation sites (tertiary alicyclic amines) is 1. The summed E-state index contributed by atoms with van der Waals surface area (Å²) in [7, 11) is 4.93. The van der Waals surface area contributed by atoms with Crippen LogP contribution in [0.3, 0.4) is 0 Å². The molecule has 0 amide bonds. The number of ether oxygens (including phenoxy) is 3. The van der Waals surface area contributed by atoms with Crippen LogP contribution >= 0.6 is 0 Å². The van der Waals surface area contributed by atoms with Crippen LogP contribution in [0, 0.1) is 0 Å². The van der Waals surface area contributed by atoms with Gasteiger partial charge in [-0.2, -0.15) is 0 Å². The molecule has 1 saturated heterocycles. The number of piperidine rings is 1. The maximum Gasteiger partial charge on any atom is 0.203 e. The highest BCUT2D eigenvalue weighted by Gasteiger charge is 2.27. The van der Waals surface area contributed by atoms with Gasteiger partial charge in [-0.05, 0) is 32.4 Å². The number of benzene rings is 1. The summed E-state index contributed by atoms with van der Waals surface area (Å²) < 4.78 is 16.4. The van der Waals surface area contributed by atoms with Gasteiger partial charge >= 0.3 is 0 Å². The lowest BCUT2D eigenvalue weighted by Gasteiger charge is -2.38. The van der Waals surface area contributed by atoms with E-state index in [-0.39, 0.29) is 6.04 Å². The summed E-state index contributed by atoms with van der Waals surface area (Å²) in [5.41, 5.74) is 7.27. The van der Waals surface area contributed by atoms with Crippen molar-refractivity contribution >= 4 is 0 Å². The summed E-state index contributed by atoms with van der Waals surface area (Å²) >= 11 is 0. The van der Waals surface area contributed by atoms with E-state index in [1.165, 1.54) is 12.8 Å². The Morgan fingerprint density at radius 1 is 1.14 bits per heavy atom. The van der Waals surface area contributed by atoms with Crippen LogP contribution in [0.15, 0.2) is 12.1 Å². The third kappa shape index (κ3) is 3.47. The Hall–Kier alpha value is -1.46. The number of rotatable bonds is 6. The van der Waals surface area contributed by atoms with E-state index in [4.69, 9.17) is 19.9 Å². The van der Waals surface area contributed by atoms with Crippen LogP contribution in [0.2, 0.25) is 0 Å². The van der Waals surface area contributed by atoms with E-state index in [1.54, 1.807) is 21.3 Å². The van der Waals surface area contributed by atoms with Crippen LogP contribution in [0.25, 0.3) is 0 Å². The van der Waals surface area contributed by atoms with Gasteiger partial charge in [0.2, 0.25) is 5.75 Å². The molecular formula is C17H28N2O3. The van der Waals surface area contributed by atoms with Crippen LogP contribution in [-0.2, 0) is 6.54 Å². The van der Waals surface area contributed by atoms with E-state index in [1.807, 2.05) is 12.1 Å². The smallest absolute Gasteiger partial charge is 0.203 e. The second kappa shape index (κ2) is 7.70. The molecule has 0 radical (unpaired) electrons. The van der Waals surface area contributed by atoms with Crippen LogP contribution in [0.5, 0.6) is 17.2 Å². The zero-order chi connectivity index (χ0) is 16.1. The van der Waals surface area contributed by atoms with E-state index >= 15 is 0 Å². The molecule has 1 aliphatic heterocycles. The van der Waals surface area contributed by atoms with Gasteiger partial charge in [-0.1, -0.05) is 12.5 Å². The quantitative estimate of drug-likeness (QED) is 0.874. The minimum atomic E-state index is 0.173. The van der Waals surface area contributed by atoms with Gasteiger partial charge in [0.05, 0.1) is 21.3 Å². The lowest BCUT2D eigenvalue weighted by molar-refractivity contribution is 0.121. The monoisotopic (exact) mass is 308 g/mol. The topological polar surface area (TPSA) is 57.0 Å². The maximum atomic E-state index is 6.17. The van der Waals surface area contributed by atoms with Crippen molar-refractivity contribution < 1.29 is 14.2 Å². The van der Waals surface area contributed by atoms with Crippen molar-refractivity contribution in [2.75, 3.05) is 27.9 Å². The zero-order valence-electron chi connectivity index (χ0n) is 14.1. The number of nitrogens with two attached hydrogens (primary N) is 1. The molecule has 2 rings (SSSR count). The van der Waals surface area contributed by atoms with Gasteiger partial charge < -0.3 is 19.9 Å². The van der Waals surface area contributed by atoms with Gasteiger partial charge in [0.25, 0.3) is 0 Å². The summed E-state index contributed by atoms with van der Waals surface area (Å²) in [6.07, 6.45) is 3.64. The Bertz CT molecular complexity index is 491. The SMILES string of the molecule is COc1ccc(CN2CCCCC2C(C)N)c(OC)c1OC. The maximum absolute atomic E-state index is 6.17. The Morgan fingerprint density at radius 3 is 2.45 bits per heavy atom. The fourth-order valence-electron chi connectivity index (χ4n) is 3.32. The number of nitrogens with zero attached hydrogens (tertiary/aromatic N) is 1. The van der Waals surface area contributed by atoms with Crippen LogP contribution in [-0.4, -0.2) is 44.9 Å². The molecule has 22 heavy (non-hydrogen) atoms. The molecule has 1 aliphatic rings. The fraction of sp³-hybridized carbons (Fsp3) is 0.647. The van der Waals surface area contributed by atoms with Gasteiger partial charge in [-0.15, -0.1) is 0 Å². The molecule has 1 aromatic rings. The number of hydrogen-bond acceptors (Lipinski definition) is 5. The number of methoxy groups -OCH3 is 3. The molecule has 0 aliphatic carbocycles. The predicted molar refractivity (Wildman–Crippen MR) is 87.8 cm³/mol. The van der Waals surface area contributed by atoms with E-state index < -0.39 is 0 Å². The highest BCUT2D eigenvalue weighted by atomic mass is 16.5. The van der Waals surface area contributed by atoms with Crippen molar-refractivity contribution in [2.45, 2.75) is 44.8 Å². The first-order chi connectivity index (χ1) is 10.6. The van der Waals surface area contributed by atoms with E-state index in [9.17, 15) is 0 Å². The molecule has 5 nitrogen and oxygen atoms in total. The first kappa shape index (κ1) is 16.9. The van der Waals surface area contributed by atoms with Crippen LogP contribution in [0.4, 0.5) is 0 Å². The first-order valence-electron chi connectivity index (χ1n) is 7.89. The molecule has 2 N–H and O–H groups in total. The minimum Gasteiger partial charge on any atom is -0.493 e. The largest absolute Gasteiger partial charge is 0.493 e. The minimum absolute atomic E-state index is 0.173. The van der Waals surface area contributed by atoms with Crippen LogP contribution < -0.4 is 19.9 Å². The van der Waals surface area contributed by atoms with E-state index in [0.717, 1.165) is 30.8 Å². The summed E-state index contributed by atoms with van der Waals surface area (Å²) in [4.78, 5) is 2.46. The molecule has 1 aromatic carbocycles.